The van der Waals surface area contributed by atoms with Gasteiger partial charge in [0, 0.05) is 39.8 Å². The van der Waals surface area contributed by atoms with Crippen molar-refractivity contribution in [3.05, 3.63) is 266 Å². The highest BCUT2D eigenvalue weighted by Gasteiger charge is 2.32. The lowest BCUT2D eigenvalue weighted by Gasteiger charge is -2.27. The maximum absolute atomic E-state index is 6.96. The highest BCUT2D eigenvalue weighted by molar-refractivity contribution is 7.43. The van der Waals surface area contributed by atoms with Crippen molar-refractivity contribution in [3.8, 4) is 90.5 Å². The summed E-state index contributed by atoms with van der Waals surface area (Å²) in [5.41, 5.74) is 9.47. The minimum atomic E-state index is -2.16. The lowest BCUT2D eigenvalue weighted by atomic mass is 10.00. The molecule has 10 aromatic carbocycles. The Morgan fingerprint density at radius 3 is 0.786 bits per heavy atom. The first-order chi connectivity index (χ1) is 34.7. The number of hydrogen-bond donors (Lipinski definition) is 0. The molecule has 340 valence electrons. The van der Waals surface area contributed by atoms with Gasteiger partial charge in [-0.1, -0.05) is 218 Å². The number of fused-ring (bicyclic) bond motifs is 2. The molecule has 70 heavy (non-hydrogen) atoms. The maximum atomic E-state index is 6.96. The van der Waals surface area contributed by atoms with Crippen molar-refractivity contribution in [2.75, 3.05) is 0 Å². The molecule has 0 amide bonds. The largest absolute Gasteiger partial charge is 0.530 e. The number of hydrogen-bond acceptors (Lipinski definition) is 7. The van der Waals surface area contributed by atoms with E-state index >= 15 is 0 Å². The van der Waals surface area contributed by atoms with E-state index in [-0.39, 0.29) is 0 Å². The molecule has 1 aliphatic rings. The molecule has 0 saturated heterocycles. The van der Waals surface area contributed by atoms with Gasteiger partial charge in [-0.3, -0.25) is 0 Å². The van der Waals surface area contributed by atoms with Gasteiger partial charge >= 0.3 is 17.2 Å². The molecule has 7 nitrogen and oxygen atoms in total. The molecule has 11 rings (SSSR count). The zero-order valence-corrected chi connectivity index (χ0v) is 39.5. The second-order valence-corrected chi connectivity index (χ2v) is 18.2. The van der Waals surface area contributed by atoms with Crippen LogP contribution in [-0.2, 0) is 6.42 Å². The molecule has 0 N–H and O–H groups in total. The van der Waals surface area contributed by atoms with Gasteiger partial charge < -0.3 is 31.9 Å². The predicted octanol–water partition coefficient (Wildman–Crippen LogP) is 17.6. The third-order valence-electron chi connectivity index (χ3n) is 11.6. The summed E-state index contributed by atoms with van der Waals surface area (Å²) in [5.74, 6) is 4.38. The molecule has 10 aromatic rings. The van der Waals surface area contributed by atoms with E-state index in [0.717, 1.165) is 55.6 Å². The molecule has 0 aromatic heterocycles. The minimum absolute atomic E-state index is 0.446. The Morgan fingerprint density at radius 1 is 0.243 bits per heavy atom. The van der Waals surface area contributed by atoms with Gasteiger partial charge in [-0.2, -0.15) is 0 Å². The molecule has 0 atom stereocenters. The molecule has 9 heteroatoms. The highest BCUT2D eigenvalue weighted by Crippen LogP contribution is 2.55. The minimum Gasteiger partial charge on any atom is -0.449 e. The van der Waals surface area contributed by atoms with Crippen LogP contribution in [0.4, 0.5) is 0 Å². The fourth-order valence-corrected chi connectivity index (χ4v) is 10.4. The van der Waals surface area contributed by atoms with E-state index in [1.165, 1.54) is 0 Å². The number of benzene rings is 10. The van der Waals surface area contributed by atoms with Gasteiger partial charge in [0.05, 0.1) is 0 Å². The second kappa shape index (κ2) is 20.9. The van der Waals surface area contributed by atoms with E-state index in [1.54, 1.807) is 0 Å². The summed E-state index contributed by atoms with van der Waals surface area (Å²) >= 11 is 0. The van der Waals surface area contributed by atoms with Crippen molar-refractivity contribution in [1.29, 1.82) is 0 Å². The van der Waals surface area contributed by atoms with Crippen LogP contribution in [0.3, 0.4) is 0 Å². The molecule has 1 heterocycles. The summed E-state index contributed by atoms with van der Waals surface area (Å²) in [7, 11) is -4.31. The lowest BCUT2D eigenvalue weighted by molar-refractivity contribution is 0.358. The normalized spacial score (nSPS) is 11.5. The first-order valence-electron chi connectivity index (χ1n) is 22.9. The maximum Gasteiger partial charge on any atom is 0.530 e. The van der Waals surface area contributed by atoms with E-state index in [9.17, 15) is 0 Å². The number of rotatable bonds is 16. The Bertz CT molecular complexity index is 2960. The third kappa shape index (κ3) is 9.95. The Balaban J connectivity index is 0.943. The van der Waals surface area contributed by atoms with Crippen molar-refractivity contribution in [2.24, 2.45) is 0 Å². The Morgan fingerprint density at radius 2 is 0.486 bits per heavy atom. The average Bonchev–Trinajstić information content (AvgIpc) is 3.42. The van der Waals surface area contributed by atoms with E-state index < -0.39 is 17.2 Å². The Labute approximate surface area is 410 Å². The molecule has 0 aliphatic carbocycles. The van der Waals surface area contributed by atoms with Crippen LogP contribution in [0.25, 0.3) is 44.5 Å². The summed E-state index contributed by atoms with van der Waals surface area (Å²) in [6, 6.07) is 83.9. The van der Waals surface area contributed by atoms with E-state index in [4.69, 9.17) is 31.9 Å². The van der Waals surface area contributed by atoms with Crippen LogP contribution in [0.5, 0.6) is 46.0 Å². The summed E-state index contributed by atoms with van der Waals surface area (Å²) in [4.78, 5) is 0. The van der Waals surface area contributed by atoms with E-state index in [2.05, 4.69) is 48.5 Å². The highest BCUT2D eigenvalue weighted by atomic mass is 31.2. The quantitative estimate of drug-likeness (QED) is 0.0894. The van der Waals surface area contributed by atoms with Crippen LogP contribution in [0.15, 0.2) is 255 Å². The van der Waals surface area contributed by atoms with E-state index in [0.29, 0.717) is 52.4 Å². The van der Waals surface area contributed by atoms with Gasteiger partial charge in [0.15, 0.2) is 23.0 Å². The smallest absolute Gasteiger partial charge is 0.449 e. The van der Waals surface area contributed by atoms with Crippen LogP contribution < -0.4 is 31.9 Å². The third-order valence-corrected chi connectivity index (χ3v) is 13.7. The molecule has 0 saturated carbocycles. The summed E-state index contributed by atoms with van der Waals surface area (Å²) in [6.45, 7) is 0. The molecule has 1 aliphatic heterocycles. The average molecular weight is 951 g/mol. The van der Waals surface area contributed by atoms with Crippen LogP contribution in [0.1, 0.15) is 11.1 Å². The molecule has 0 radical (unpaired) electrons. The number of para-hydroxylation sites is 6. The topological polar surface area (TPSA) is 64.6 Å². The first-order valence-corrected chi connectivity index (χ1v) is 25.1. The summed E-state index contributed by atoms with van der Waals surface area (Å²) < 4.78 is 48.2. The van der Waals surface area contributed by atoms with Crippen LogP contribution in [-0.4, -0.2) is 0 Å². The van der Waals surface area contributed by atoms with Crippen LogP contribution >= 0.6 is 17.2 Å². The monoisotopic (exact) mass is 950 g/mol. The van der Waals surface area contributed by atoms with Gasteiger partial charge in [-0.15, -0.1) is 0 Å². The Hall–Kier alpha value is -8.34. The summed E-state index contributed by atoms with van der Waals surface area (Å²) in [5, 5.41) is 0. The van der Waals surface area contributed by atoms with Gasteiger partial charge in [-0.25, -0.2) is 0 Å². The van der Waals surface area contributed by atoms with Gasteiger partial charge in [-0.05, 0) is 58.7 Å². The molecule has 0 fully saturated rings. The summed E-state index contributed by atoms with van der Waals surface area (Å²) in [6.07, 6.45) is 0.541. The molecular weight excluding hydrogens is 907 g/mol. The van der Waals surface area contributed by atoms with Gasteiger partial charge in [0.1, 0.15) is 23.0 Å². The van der Waals surface area contributed by atoms with Crippen molar-refractivity contribution in [1.82, 2.24) is 0 Å². The van der Waals surface area contributed by atoms with Crippen LogP contribution in [0.2, 0.25) is 0 Å². The standard InChI is InChI=1S/C61H44O7P2/c1-5-23-44(24-6-1)50-33-13-17-37-54(50)63-69(64-55-38-18-14-34-51(55)45-25-7-2-8-26-45)67-58-41-21-31-48-43-49-32-22-42-59(61(49)62-60(48)58)68-70(65-56-39-19-15-35-52(56)46-27-9-3-10-28-46)66-57-40-20-16-36-53(57)47-29-11-4-12-30-47/h1-42H,43H2. The fraction of sp³-hybridized carbons (Fsp3) is 0.0164. The zero-order chi connectivity index (χ0) is 46.9. The fourth-order valence-electron chi connectivity index (χ4n) is 8.29. The van der Waals surface area contributed by atoms with Crippen molar-refractivity contribution in [3.63, 3.8) is 0 Å². The SMILES string of the molecule is c1ccc(-c2ccccc2OP(Oc2ccccc2-c2ccccc2)Oc2cccc3c2Oc2c(cccc2OP(Oc2ccccc2-c2ccccc2)Oc2ccccc2-c2ccccc2)C3)cc1. The molecule has 0 unspecified atom stereocenters. The molecular formula is C61H44O7P2. The first kappa shape index (κ1) is 44.2. The Kier molecular flexibility index (Phi) is 13.2. The second-order valence-electron chi connectivity index (χ2n) is 16.2. The zero-order valence-electron chi connectivity index (χ0n) is 37.7. The molecule has 0 bridgehead atoms. The van der Waals surface area contributed by atoms with Gasteiger partial charge in [0.2, 0.25) is 0 Å². The van der Waals surface area contributed by atoms with Gasteiger partial charge in [0.25, 0.3) is 0 Å². The van der Waals surface area contributed by atoms with Crippen molar-refractivity contribution in [2.45, 2.75) is 6.42 Å². The number of ether oxygens (including phenoxy) is 1. The molecule has 0 spiro atoms. The van der Waals surface area contributed by atoms with Crippen LogP contribution in [0, 0.1) is 0 Å². The predicted molar refractivity (Wildman–Crippen MR) is 281 cm³/mol. The van der Waals surface area contributed by atoms with E-state index in [1.807, 2.05) is 206 Å². The lowest BCUT2D eigenvalue weighted by Crippen LogP contribution is -2.09. The van der Waals surface area contributed by atoms with Crippen molar-refractivity contribution >= 4 is 17.2 Å². The van der Waals surface area contributed by atoms with Crippen molar-refractivity contribution < 1.29 is 31.9 Å².